The number of rotatable bonds is 8. The third kappa shape index (κ3) is 6.08. The van der Waals surface area contributed by atoms with Crippen molar-refractivity contribution in [2.75, 3.05) is 13.2 Å². The van der Waals surface area contributed by atoms with Crippen molar-refractivity contribution < 1.29 is 14.3 Å². The summed E-state index contributed by atoms with van der Waals surface area (Å²) in [4.78, 5) is 38.6. The summed E-state index contributed by atoms with van der Waals surface area (Å²) < 4.78 is 5.41. The molecule has 2 amide bonds. The molecule has 1 heterocycles. The highest BCUT2D eigenvalue weighted by molar-refractivity contribution is 5.96. The third-order valence-electron chi connectivity index (χ3n) is 3.43. The molecule has 0 bridgehead atoms. The van der Waals surface area contributed by atoms with Crippen LogP contribution >= 0.6 is 0 Å². The first-order valence-electron chi connectivity index (χ1n) is 8.40. The first kappa shape index (κ1) is 19.2. The summed E-state index contributed by atoms with van der Waals surface area (Å²) in [5.74, 6) is -0.0977. The highest BCUT2D eigenvalue weighted by Gasteiger charge is 2.08. The van der Waals surface area contributed by atoms with Crippen molar-refractivity contribution in [3.05, 3.63) is 64.1 Å². The number of ether oxygens (including phenoxy) is 1. The van der Waals surface area contributed by atoms with Crippen molar-refractivity contribution in [2.45, 2.75) is 20.4 Å². The molecular formula is C19H23N3O4. The van der Waals surface area contributed by atoms with E-state index in [0.29, 0.717) is 23.8 Å². The van der Waals surface area contributed by atoms with E-state index in [2.05, 4.69) is 15.6 Å². The van der Waals surface area contributed by atoms with Crippen LogP contribution in [0.25, 0.3) is 0 Å². The first-order chi connectivity index (χ1) is 12.5. The SMILES string of the molecule is CC(C)COc1c[nH]c(CNC(=O)CNC(=O)c2ccccc2)cc1=O. The quantitative estimate of drug-likeness (QED) is 0.666. The standard InChI is InChI=1S/C19H23N3O4/c1-13(2)12-26-17-10-20-15(8-16(17)23)9-21-18(24)11-22-19(25)14-6-4-3-5-7-14/h3-8,10,13H,9,11-12H2,1-2H3,(H,20,23)(H,21,24)(H,22,25). The lowest BCUT2D eigenvalue weighted by atomic mass is 10.2. The predicted molar refractivity (Wildman–Crippen MR) is 98.0 cm³/mol. The summed E-state index contributed by atoms with van der Waals surface area (Å²) in [7, 11) is 0. The molecule has 7 heteroatoms. The van der Waals surface area contributed by atoms with E-state index in [-0.39, 0.29) is 36.1 Å². The molecule has 138 valence electrons. The number of H-pyrrole nitrogens is 1. The average Bonchev–Trinajstić information content (AvgIpc) is 2.64. The fourth-order valence-electron chi connectivity index (χ4n) is 2.08. The molecule has 0 radical (unpaired) electrons. The number of hydrogen-bond donors (Lipinski definition) is 3. The number of pyridine rings is 1. The van der Waals surface area contributed by atoms with E-state index in [4.69, 9.17) is 4.74 Å². The summed E-state index contributed by atoms with van der Waals surface area (Å²) in [6.45, 7) is 4.46. The number of nitrogens with one attached hydrogen (secondary N) is 3. The van der Waals surface area contributed by atoms with Gasteiger partial charge in [-0.2, -0.15) is 0 Å². The van der Waals surface area contributed by atoms with Gasteiger partial charge in [0, 0.05) is 23.5 Å². The molecule has 0 fully saturated rings. The molecule has 0 atom stereocenters. The van der Waals surface area contributed by atoms with Gasteiger partial charge in [0.2, 0.25) is 11.3 Å². The molecule has 2 rings (SSSR count). The van der Waals surface area contributed by atoms with Gasteiger partial charge in [0.05, 0.1) is 19.7 Å². The lowest BCUT2D eigenvalue weighted by molar-refractivity contribution is -0.120. The van der Waals surface area contributed by atoms with Crippen LogP contribution in [0.15, 0.2) is 47.4 Å². The van der Waals surface area contributed by atoms with Gasteiger partial charge >= 0.3 is 0 Å². The van der Waals surface area contributed by atoms with Crippen LogP contribution in [0.3, 0.4) is 0 Å². The number of aromatic nitrogens is 1. The van der Waals surface area contributed by atoms with Gasteiger partial charge in [-0.1, -0.05) is 32.0 Å². The normalized spacial score (nSPS) is 10.4. The minimum Gasteiger partial charge on any atom is -0.488 e. The minimum atomic E-state index is -0.352. The van der Waals surface area contributed by atoms with Crippen LogP contribution in [0.4, 0.5) is 0 Å². The van der Waals surface area contributed by atoms with E-state index < -0.39 is 0 Å². The monoisotopic (exact) mass is 357 g/mol. The zero-order valence-corrected chi connectivity index (χ0v) is 14.9. The van der Waals surface area contributed by atoms with Gasteiger partial charge in [-0.25, -0.2) is 0 Å². The Hall–Kier alpha value is -3.09. The molecular weight excluding hydrogens is 334 g/mol. The van der Waals surface area contributed by atoms with E-state index in [1.165, 1.54) is 12.3 Å². The van der Waals surface area contributed by atoms with Crippen LogP contribution in [0, 0.1) is 5.92 Å². The van der Waals surface area contributed by atoms with Crippen molar-refractivity contribution in [3.63, 3.8) is 0 Å². The number of carbonyl (C=O) groups is 2. The fourth-order valence-corrected chi connectivity index (χ4v) is 2.08. The number of aromatic amines is 1. The summed E-state index contributed by atoms with van der Waals surface area (Å²) in [5, 5.41) is 5.18. The van der Waals surface area contributed by atoms with Gasteiger partial charge in [-0.05, 0) is 18.1 Å². The molecule has 26 heavy (non-hydrogen) atoms. The Morgan fingerprint density at radius 1 is 1.15 bits per heavy atom. The molecule has 0 spiro atoms. The maximum absolute atomic E-state index is 12.0. The third-order valence-corrected chi connectivity index (χ3v) is 3.43. The topological polar surface area (TPSA) is 100 Å². The highest BCUT2D eigenvalue weighted by atomic mass is 16.5. The Morgan fingerprint density at radius 3 is 2.54 bits per heavy atom. The molecule has 0 saturated carbocycles. The largest absolute Gasteiger partial charge is 0.488 e. The van der Waals surface area contributed by atoms with Crippen molar-refractivity contribution >= 4 is 11.8 Å². The highest BCUT2D eigenvalue weighted by Crippen LogP contribution is 2.04. The number of amides is 2. The van der Waals surface area contributed by atoms with Crippen molar-refractivity contribution in [1.29, 1.82) is 0 Å². The maximum Gasteiger partial charge on any atom is 0.251 e. The molecule has 1 aromatic heterocycles. The molecule has 7 nitrogen and oxygen atoms in total. The van der Waals surface area contributed by atoms with E-state index in [0.717, 1.165) is 0 Å². The van der Waals surface area contributed by atoms with Gasteiger partial charge in [0.1, 0.15) is 0 Å². The second kappa shape index (κ2) is 9.41. The lowest BCUT2D eigenvalue weighted by Gasteiger charge is -2.09. The Labute approximate surface area is 151 Å². The second-order valence-electron chi connectivity index (χ2n) is 6.22. The van der Waals surface area contributed by atoms with E-state index in [9.17, 15) is 14.4 Å². The molecule has 3 N–H and O–H groups in total. The molecule has 0 unspecified atom stereocenters. The first-order valence-corrected chi connectivity index (χ1v) is 8.40. The van der Waals surface area contributed by atoms with Crippen LogP contribution in [0.2, 0.25) is 0 Å². The molecule has 0 saturated heterocycles. The summed E-state index contributed by atoms with van der Waals surface area (Å²) in [5.41, 5.74) is 0.794. The Morgan fingerprint density at radius 2 is 1.88 bits per heavy atom. The molecule has 0 aliphatic rings. The van der Waals surface area contributed by atoms with E-state index >= 15 is 0 Å². The van der Waals surface area contributed by atoms with Gasteiger partial charge in [0.25, 0.3) is 5.91 Å². The lowest BCUT2D eigenvalue weighted by Crippen LogP contribution is -2.36. The maximum atomic E-state index is 12.0. The Bertz CT molecular complexity index is 800. The smallest absolute Gasteiger partial charge is 0.251 e. The van der Waals surface area contributed by atoms with Crippen LogP contribution in [0.5, 0.6) is 5.75 Å². The van der Waals surface area contributed by atoms with E-state index in [1.807, 2.05) is 19.9 Å². The van der Waals surface area contributed by atoms with Crippen LogP contribution in [-0.4, -0.2) is 29.9 Å². The fraction of sp³-hybridized carbons (Fsp3) is 0.316. The number of carbonyl (C=O) groups excluding carboxylic acids is 2. The summed E-state index contributed by atoms with van der Waals surface area (Å²) in [6.07, 6.45) is 1.49. The van der Waals surface area contributed by atoms with Crippen LogP contribution in [0.1, 0.15) is 29.9 Å². The number of benzene rings is 1. The van der Waals surface area contributed by atoms with Crippen molar-refractivity contribution in [1.82, 2.24) is 15.6 Å². The van der Waals surface area contributed by atoms with Crippen molar-refractivity contribution in [3.8, 4) is 5.75 Å². The zero-order valence-electron chi connectivity index (χ0n) is 14.9. The number of hydrogen-bond acceptors (Lipinski definition) is 4. The molecule has 0 aliphatic heterocycles. The van der Waals surface area contributed by atoms with Gasteiger partial charge in [-0.3, -0.25) is 14.4 Å². The van der Waals surface area contributed by atoms with Gasteiger partial charge in [-0.15, -0.1) is 0 Å². The second-order valence-corrected chi connectivity index (χ2v) is 6.22. The Kier molecular flexibility index (Phi) is 6.96. The Balaban J connectivity index is 1.79. The van der Waals surface area contributed by atoms with E-state index in [1.54, 1.807) is 24.3 Å². The minimum absolute atomic E-state index is 0.145. The van der Waals surface area contributed by atoms with Crippen molar-refractivity contribution in [2.24, 2.45) is 5.92 Å². The van der Waals surface area contributed by atoms with Crippen LogP contribution < -0.4 is 20.8 Å². The molecule has 1 aromatic carbocycles. The summed E-state index contributed by atoms with van der Waals surface area (Å²) in [6, 6.07) is 10.0. The van der Waals surface area contributed by atoms with Gasteiger partial charge in [0.15, 0.2) is 5.75 Å². The molecule has 2 aromatic rings. The average molecular weight is 357 g/mol. The predicted octanol–water partition coefficient (Wildman–Crippen LogP) is 1.46. The van der Waals surface area contributed by atoms with Gasteiger partial charge < -0.3 is 20.4 Å². The summed E-state index contributed by atoms with van der Waals surface area (Å²) >= 11 is 0. The van der Waals surface area contributed by atoms with Crippen LogP contribution in [-0.2, 0) is 11.3 Å². The molecule has 0 aliphatic carbocycles. The zero-order chi connectivity index (χ0) is 18.9.